The zero-order valence-electron chi connectivity index (χ0n) is 15.1. The van der Waals surface area contributed by atoms with E-state index >= 15 is 0 Å². The van der Waals surface area contributed by atoms with E-state index in [1.54, 1.807) is 27.8 Å². The normalized spacial score (nSPS) is 13.5. The summed E-state index contributed by atoms with van der Waals surface area (Å²) >= 11 is 0. The number of fused-ring (bicyclic) bond motifs is 1. The third-order valence-corrected chi connectivity index (χ3v) is 4.96. The van der Waals surface area contributed by atoms with E-state index < -0.39 is 0 Å². The summed E-state index contributed by atoms with van der Waals surface area (Å²) in [4.78, 5) is 0. The Labute approximate surface area is 137 Å². The van der Waals surface area contributed by atoms with E-state index in [4.69, 9.17) is 0 Å². The monoisotopic (exact) mass is 296 g/mol. The van der Waals surface area contributed by atoms with Crippen molar-refractivity contribution in [3.8, 4) is 11.8 Å². The standard InChI is InChI=1S/C22H32/c1-5-9-10-14-20-18(8-4)22-16-12-11-15-21(22)17(7-3)19(20)13-6-2/h5-9,11-13,15-16H2,1-4H3. The van der Waals surface area contributed by atoms with Crippen molar-refractivity contribution >= 4 is 0 Å². The van der Waals surface area contributed by atoms with Gasteiger partial charge in [0, 0.05) is 12.0 Å². The molecule has 0 heterocycles. The molecule has 0 aromatic heterocycles. The summed E-state index contributed by atoms with van der Waals surface area (Å²) in [5.74, 6) is 7.03. The average molecular weight is 296 g/mol. The maximum absolute atomic E-state index is 3.59. The number of hydrogen-bond acceptors (Lipinski definition) is 0. The number of unbranched alkanes of at least 4 members (excludes halogenated alkanes) is 1. The topological polar surface area (TPSA) is 0 Å². The van der Waals surface area contributed by atoms with Gasteiger partial charge in [-0.15, -0.1) is 0 Å². The van der Waals surface area contributed by atoms with E-state index in [0.717, 1.165) is 19.3 Å². The third kappa shape index (κ3) is 3.40. The second-order valence-corrected chi connectivity index (χ2v) is 6.48. The van der Waals surface area contributed by atoms with E-state index in [2.05, 4.69) is 39.5 Å². The van der Waals surface area contributed by atoms with Gasteiger partial charge in [0.15, 0.2) is 0 Å². The van der Waals surface area contributed by atoms with Gasteiger partial charge in [0.1, 0.15) is 0 Å². The Balaban J connectivity index is 2.69. The van der Waals surface area contributed by atoms with Crippen LogP contribution in [-0.4, -0.2) is 0 Å². The van der Waals surface area contributed by atoms with Crippen LogP contribution in [0.2, 0.25) is 0 Å². The molecule has 0 spiro atoms. The Bertz CT molecular complexity index is 566. The van der Waals surface area contributed by atoms with Crippen LogP contribution in [0.5, 0.6) is 0 Å². The van der Waals surface area contributed by atoms with Gasteiger partial charge in [-0.1, -0.05) is 46.0 Å². The van der Waals surface area contributed by atoms with Crippen molar-refractivity contribution in [3.05, 3.63) is 33.4 Å². The molecule has 0 aliphatic heterocycles. The van der Waals surface area contributed by atoms with Crippen molar-refractivity contribution in [2.75, 3.05) is 0 Å². The molecule has 0 unspecified atom stereocenters. The van der Waals surface area contributed by atoms with Gasteiger partial charge in [-0.05, 0) is 79.2 Å². The van der Waals surface area contributed by atoms with Crippen LogP contribution in [0.4, 0.5) is 0 Å². The Morgan fingerprint density at radius 2 is 1.41 bits per heavy atom. The Kier molecular flexibility index (Phi) is 6.56. The second kappa shape index (κ2) is 8.42. The molecule has 0 saturated carbocycles. The minimum absolute atomic E-state index is 1.02. The summed E-state index contributed by atoms with van der Waals surface area (Å²) < 4.78 is 0. The Morgan fingerprint density at radius 3 is 1.95 bits per heavy atom. The summed E-state index contributed by atoms with van der Waals surface area (Å²) in [5.41, 5.74) is 9.61. The van der Waals surface area contributed by atoms with Gasteiger partial charge in [-0.3, -0.25) is 0 Å². The highest BCUT2D eigenvalue weighted by Crippen LogP contribution is 2.34. The maximum atomic E-state index is 3.59. The van der Waals surface area contributed by atoms with Crippen LogP contribution in [0.25, 0.3) is 0 Å². The van der Waals surface area contributed by atoms with Crippen LogP contribution in [0.1, 0.15) is 93.2 Å². The zero-order chi connectivity index (χ0) is 15.9. The number of benzene rings is 1. The molecule has 0 fully saturated rings. The molecular weight excluding hydrogens is 264 g/mol. The summed E-state index contributed by atoms with van der Waals surface area (Å²) in [7, 11) is 0. The lowest BCUT2D eigenvalue weighted by Crippen LogP contribution is -2.15. The maximum Gasteiger partial charge on any atom is 0.0314 e. The molecule has 1 aromatic carbocycles. The van der Waals surface area contributed by atoms with E-state index in [9.17, 15) is 0 Å². The highest BCUT2D eigenvalue weighted by Gasteiger charge is 2.22. The van der Waals surface area contributed by atoms with Crippen LogP contribution in [-0.2, 0) is 32.1 Å². The zero-order valence-corrected chi connectivity index (χ0v) is 15.1. The lowest BCUT2D eigenvalue weighted by atomic mass is 9.77. The average Bonchev–Trinajstić information content (AvgIpc) is 2.55. The largest absolute Gasteiger partial charge is 0.0979 e. The summed E-state index contributed by atoms with van der Waals surface area (Å²) in [6.45, 7) is 9.16. The fraction of sp³-hybridized carbons (Fsp3) is 0.636. The summed E-state index contributed by atoms with van der Waals surface area (Å²) in [5, 5.41) is 0. The molecule has 0 radical (unpaired) electrons. The molecule has 0 N–H and O–H groups in total. The molecule has 0 nitrogen and oxygen atoms in total. The number of hydrogen-bond donors (Lipinski definition) is 0. The van der Waals surface area contributed by atoms with Crippen LogP contribution in [0.3, 0.4) is 0 Å². The molecule has 0 heteroatoms. The van der Waals surface area contributed by atoms with Gasteiger partial charge in [-0.25, -0.2) is 0 Å². The molecule has 22 heavy (non-hydrogen) atoms. The smallest absolute Gasteiger partial charge is 0.0314 e. The quantitative estimate of drug-likeness (QED) is 0.603. The van der Waals surface area contributed by atoms with Crippen molar-refractivity contribution in [2.45, 2.75) is 91.9 Å². The van der Waals surface area contributed by atoms with Gasteiger partial charge in [0.25, 0.3) is 0 Å². The highest BCUT2D eigenvalue weighted by molar-refractivity contribution is 5.59. The summed E-state index contributed by atoms with van der Waals surface area (Å²) in [6, 6.07) is 0. The predicted octanol–water partition coefficient (Wildman–Crippen LogP) is 5.79. The van der Waals surface area contributed by atoms with Crippen molar-refractivity contribution in [1.29, 1.82) is 0 Å². The van der Waals surface area contributed by atoms with Crippen molar-refractivity contribution in [2.24, 2.45) is 0 Å². The molecule has 0 atom stereocenters. The minimum atomic E-state index is 1.02. The molecular formula is C22H32. The van der Waals surface area contributed by atoms with Crippen LogP contribution < -0.4 is 0 Å². The molecule has 1 aliphatic carbocycles. The molecule has 2 rings (SSSR count). The minimum Gasteiger partial charge on any atom is -0.0979 e. The molecule has 0 bridgehead atoms. The van der Waals surface area contributed by atoms with Crippen LogP contribution >= 0.6 is 0 Å². The van der Waals surface area contributed by atoms with Gasteiger partial charge in [-0.2, -0.15) is 0 Å². The van der Waals surface area contributed by atoms with Crippen molar-refractivity contribution < 1.29 is 0 Å². The van der Waals surface area contributed by atoms with Crippen LogP contribution in [0, 0.1) is 11.8 Å². The SMILES string of the molecule is CCCC#Cc1c(CCC)c(CC)c2c(c1CC)CCCC2. The molecule has 0 saturated heterocycles. The number of rotatable bonds is 5. The van der Waals surface area contributed by atoms with E-state index in [-0.39, 0.29) is 0 Å². The molecule has 0 amide bonds. The fourth-order valence-electron chi connectivity index (χ4n) is 4.01. The third-order valence-electron chi connectivity index (χ3n) is 4.96. The highest BCUT2D eigenvalue weighted by atomic mass is 14.3. The second-order valence-electron chi connectivity index (χ2n) is 6.48. The Hall–Kier alpha value is -1.22. The van der Waals surface area contributed by atoms with Crippen molar-refractivity contribution in [1.82, 2.24) is 0 Å². The van der Waals surface area contributed by atoms with Crippen LogP contribution in [0.15, 0.2) is 0 Å². The first-order valence-corrected chi connectivity index (χ1v) is 9.45. The van der Waals surface area contributed by atoms with E-state index in [1.807, 2.05) is 0 Å². The molecule has 1 aliphatic rings. The molecule has 1 aromatic rings. The van der Waals surface area contributed by atoms with Gasteiger partial charge >= 0.3 is 0 Å². The Morgan fingerprint density at radius 1 is 0.773 bits per heavy atom. The lowest BCUT2D eigenvalue weighted by Gasteiger charge is -2.27. The van der Waals surface area contributed by atoms with Crippen molar-refractivity contribution in [3.63, 3.8) is 0 Å². The first-order valence-electron chi connectivity index (χ1n) is 9.45. The summed E-state index contributed by atoms with van der Waals surface area (Å²) in [6.07, 6.45) is 12.2. The van der Waals surface area contributed by atoms with E-state index in [0.29, 0.717) is 0 Å². The lowest BCUT2D eigenvalue weighted by molar-refractivity contribution is 0.668. The fourth-order valence-corrected chi connectivity index (χ4v) is 4.01. The first kappa shape index (κ1) is 17.1. The first-order chi connectivity index (χ1) is 10.8. The van der Waals surface area contributed by atoms with Gasteiger partial charge < -0.3 is 0 Å². The molecule has 120 valence electrons. The van der Waals surface area contributed by atoms with Gasteiger partial charge in [0.05, 0.1) is 0 Å². The van der Waals surface area contributed by atoms with Gasteiger partial charge in [0.2, 0.25) is 0 Å². The predicted molar refractivity (Wildman–Crippen MR) is 97.6 cm³/mol. The van der Waals surface area contributed by atoms with E-state index in [1.165, 1.54) is 50.5 Å².